The van der Waals surface area contributed by atoms with Crippen LogP contribution >= 0.6 is 22.7 Å². The molecule has 0 saturated carbocycles. The molecule has 0 spiro atoms. The van der Waals surface area contributed by atoms with E-state index in [1.54, 1.807) is 0 Å². The topological polar surface area (TPSA) is 93.2 Å². The third-order valence-electron chi connectivity index (χ3n) is 3.07. The number of thiophene rings is 1. The molecule has 0 bridgehead atoms. The van der Waals surface area contributed by atoms with Crippen molar-refractivity contribution in [1.29, 1.82) is 0 Å². The lowest BCUT2D eigenvalue weighted by atomic mass is 9.94. The third-order valence-corrected chi connectivity index (χ3v) is 5.59. The summed E-state index contributed by atoms with van der Waals surface area (Å²) in [7, 11) is 0. The highest BCUT2D eigenvalue weighted by Crippen LogP contribution is 2.36. The van der Waals surface area contributed by atoms with E-state index in [9.17, 15) is 9.59 Å². The van der Waals surface area contributed by atoms with Crippen LogP contribution in [-0.2, 0) is 28.0 Å². The SMILES string of the molecule is CCc1nnc(NC(=O)Nc2cc(C(C)(C)C)sc2COC=O)s1. The fourth-order valence-electron chi connectivity index (χ4n) is 1.82. The number of aromatic nitrogens is 2. The van der Waals surface area contributed by atoms with Crippen molar-refractivity contribution in [2.24, 2.45) is 0 Å². The van der Waals surface area contributed by atoms with Gasteiger partial charge < -0.3 is 10.1 Å². The summed E-state index contributed by atoms with van der Waals surface area (Å²) in [5.41, 5.74) is 0.566. The van der Waals surface area contributed by atoms with Gasteiger partial charge in [0.15, 0.2) is 0 Å². The molecule has 0 aromatic carbocycles. The molecule has 2 aromatic heterocycles. The normalized spacial score (nSPS) is 11.2. The standard InChI is InChI=1S/C15H20N4O3S2/c1-5-12-18-19-14(24-12)17-13(21)16-9-6-11(15(2,3)4)23-10(9)7-22-8-20/h6,8H,5,7H2,1-4H3,(H2,16,17,19,21). The van der Waals surface area contributed by atoms with Crippen molar-refractivity contribution in [3.8, 4) is 0 Å². The van der Waals surface area contributed by atoms with Crippen molar-refractivity contribution in [3.05, 3.63) is 20.8 Å². The predicted octanol–water partition coefficient (Wildman–Crippen LogP) is 3.78. The van der Waals surface area contributed by atoms with Gasteiger partial charge in [-0.1, -0.05) is 39.0 Å². The summed E-state index contributed by atoms with van der Waals surface area (Å²) >= 11 is 2.85. The number of rotatable bonds is 6. The maximum Gasteiger partial charge on any atom is 0.325 e. The summed E-state index contributed by atoms with van der Waals surface area (Å²) in [5.74, 6) is 0. The number of nitrogens with one attached hydrogen (secondary N) is 2. The summed E-state index contributed by atoms with van der Waals surface area (Å²) in [4.78, 5) is 24.5. The van der Waals surface area contributed by atoms with Gasteiger partial charge >= 0.3 is 6.03 Å². The minimum atomic E-state index is -0.403. The lowest BCUT2D eigenvalue weighted by Crippen LogP contribution is -2.19. The molecule has 2 amide bonds. The monoisotopic (exact) mass is 368 g/mol. The molecule has 0 atom stereocenters. The van der Waals surface area contributed by atoms with Gasteiger partial charge in [-0.15, -0.1) is 21.5 Å². The van der Waals surface area contributed by atoms with E-state index >= 15 is 0 Å². The molecule has 130 valence electrons. The van der Waals surface area contributed by atoms with E-state index in [1.165, 1.54) is 22.7 Å². The number of urea groups is 1. The van der Waals surface area contributed by atoms with Crippen LogP contribution in [0.25, 0.3) is 0 Å². The van der Waals surface area contributed by atoms with Crippen LogP contribution in [0.15, 0.2) is 6.07 Å². The Morgan fingerprint density at radius 2 is 2.04 bits per heavy atom. The van der Waals surface area contributed by atoms with Gasteiger partial charge in [0.25, 0.3) is 6.47 Å². The molecule has 7 nitrogen and oxygen atoms in total. The van der Waals surface area contributed by atoms with Gasteiger partial charge in [0.1, 0.15) is 11.6 Å². The Hall–Kier alpha value is -2.00. The van der Waals surface area contributed by atoms with Gasteiger partial charge in [-0.2, -0.15) is 0 Å². The van der Waals surface area contributed by atoms with Crippen molar-refractivity contribution >= 4 is 46.0 Å². The number of nitrogens with zero attached hydrogens (tertiary/aromatic N) is 2. The van der Waals surface area contributed by atoms with Crippen molar-refractivity contribution in [2.75, 3.05) is 10.6 Å². The first kappa shape index (κ1) is 18.3. The zero-order valence-electron chi connectivity index (χ0n) is 14.0. The number of aryl methyl sites for hydroxylation is 1. The number of anilines is 2. The van der Waals surface area contributed by atoms with Crippen molar-refractivity contribution < 1.29 is 14.3 Å². The number of carbonyl (C=O) groups is 2. The van der Waals surface area contributed by atoms with Crippen molar-refractivity contribution in [1.82, 2.24) is 10.2 Å². The molecule has 0 saturated heterocycles. The van der Waals surface area contributed by atoms with Crippen LogP contribution < -0.4 is 10.6 Å². The van der Waals surface area contributed by atoms with Crippen LogP contribution in [0.1, 0.15) is 42.5 Å². The highest BCUT2D eigenvalue weighted by atomic mass is 32.1. The molecular weight excluding hydrogens is 348 g/mol. The van der Waals surface area contributed by atoms with Crippen LogP contribution in [0.4, 0.5) is 15.6 Å². The molecule has 0 fully saturated rings. The Bertz CT molecular complexity index is 719. The molecule has 0 aliphatic carbocycles. The number of hydrogen-bond donors (Lipinski definition) is 2. The minimum Gasteiger partial charge on any atom is -0.462 e. The zero-order valence-corrected chi connectivity index (χ0v) is 15.6. The van der Waals surface area contributed by atoms with E-state index in [2.05, 4.69) is 41.6 Å². The molecule has 9 heteroatoms. The van der Waals surface area contributed by atoms with E-state index in [4.69, 9.17) is 4.74 Å². The third kappa shape index (κ3) is 4.75. The second kappa shape index (κ2) is 7.71. The van der Waals surface area contributed by atoms with Crippen LogP contribution in [0.2, 0.25) is 0 Å². The van der Waals surface area contributed by atoms with Crippen molar-refractivity contribution in [3.63, 3.8) is 0 Å². The average molecular weight is 368 g/mol. The Labute approximate surface area is 148 Å². The zero-order chi connectivity index (χ0) is 17.7. The fraction of sp³-hybridized carbons (Fsp3) is 0.467. The summed E-state index contributed by atoms with van der Waals surface area (Å²) < 4.78 is 4.84. The maximum atomic E-state index is 12.2. The molecule has 0 aliphatic heterocycles. The quantitative estimate of drug-likeness (QED) is 0.757. The summed E-state index contributed by atoms with van der Waals surface area (Å²) in [6, 6.07) is 1.50. The van der Waals surface area contributed by atoms with E-state index in [0.29, 0.717) is 17.3 Å². The van der Waals surface area contributed by atoms with Crippen molar-refractivity contribution in [2.45, 2.75) is 46.1 Å². The smallest absolute Gasteiger partial charge is 0.325 e. The van der Waals surface area contributed by atoms with Gasteiger partial charge in [-0.05, 0) is 17.9 Å². The second-order valence-corrected chi connectivity index (χ2v) is 8.24. The highest BCUT2D eigenvalue weighted by Gasteiger charge is 2.21. The number of hydrogen-bond acceptors (Lipinski definition) is 7. The fourth-order valence-corrected chi connectivity index (χ4v) is 3.59. The molecule has 2 N–H and O–H groups in total. The molecule has 0 unspecified atom stereocenters. The minimum absolute atomic E-state index is 0.0632. The van der Waals surface area contributed by atoms with Crippen LogP contribution in [-0.4, -0.2) is 22.7 Å². The summed E-state index contributed by atoms with van der Waals surface area (Å²) in [6.07, 6.45) is 0.771. The first-order valence-corrected chi connectivity index (χ1v) is 9.05. The van der Waals surface area contributed by atoms with Crippen LogP contribution in [0.5, 0.6) is 0 Å². The molecule has 2 rings (SSSR count). The predicted molar refractivity (Wildman–Crippen MR) is 95.8 cm³/mol. The molecule has 24 heavy (non-hydrogen) atoms. The Kier molecular flexibility index (Phi) is 5.89. The van der Waals surface area contributed by atoms with E-state index in [-0.39, 0.29) is 12.0 Å². The summed E-state index contributed by atoms with van der Waals surface area (Å²) in [6.45, 7) is 8.75. The second-order valence-electron chi connectivity index (χ2n) is 6.04. The average Bonchev–Trinajstić information content (AvgIpc) is 3.11. The van der Waals surface area contributed by atoms with E-state index in [0.717, 1.165) is 21.2 Å². The van der Waals surface area contributed by atoms with Crippen LogP contribution in [0, 0.1) is 0 Å². The molecule has 2 heterocycles. The molecule has 0 radical (unpaired) electrons. The Morgan fingerprint density at radius 3 is 2.62 bits per heavy atom. The van der Waals surface area contributed by atoms with Crippen LogP contribution in [0.3, 0.4) is 0 Å². The van der Waals surface area contributed by atoms with E-state index < -0.39 is 6.03 Å². The van der Waals surface area contributed by atoms with E-state index in [1.807, 2.05) is 13.0 Å². The van der Waals surface area contributed by atoms with Gasteiger partial charge in [0.05, 0.1) is 10.6 Å². The summed E-state index contributed by atoms with van der Waals surface area (Å²) in [5, 5.41) is 14.6. The number of carbonyl (C=O) groups excluding carboxylic acids is 2. The molecule has 2 aromatic rings. The van der Waals surface area contributed by atoms with Gasteiger partial charge in [-0.25, -0.2) is 4.79 Å². The Balaban J connectivity index is 2.12. The lowest BCUT2D eigenvalue weighted by molar-refractivity contribution is -0.129. The lowest BCUT2D eigenvalue weighted by Gasteiger charge is -2.15. The van der Waals surface area contributed by atoms with Gasteiger partial charge in [-0.3, -0.25) is 10.1 Å². The maximum absolute atomic E-state index is 12.2. The Morgan fingerprint density at radius 1 is 1.29 bits per heavy atom. The number of ether oxygens (including phenoxy) is 1. The largest absolute Gasteiger partial charge is 0.462 e. The number of amides is 2. The molecule has 0 aliphatic rings. The first-order chi connectivity index (χ1) is 11.3. The first-order valence-electron chi connectivity index (χ1n) is 7.42. The van der Waals surface area contributed by atoms with Gasteiger partial charge in [0.2, 0.25) is 5.13 Å². The molecular formula is C15H20N4O3S2. The highest BCUT2D eigenvalue weighted by molar-refractivity contribution is 7.15. The van der Waals surface area contributed by atoms with Gasteiger partial charge in [0, 0.05) is 4.88 Å².